The Morgan fingerprint density at radius 2 is 2.06 bits per heavy atom. The minimum Gasteiger partial charge on any atom is -0.618 e. The zero-order valence-electron chi connectivity index (χ0n) is 8.58. The molecule has 2 aromatic rings. The zero-order valence-corrected chi connectivity index (χ0v) is 8.58. The maximum Gasteiger partial charge on any atom is 0.218 e. The summed E-state index contributed by atoms with van der Waals surface area (Å²) in [6.07, 6.45) is 4.69. The third-order valence-corrected chi connectivity index (χ3v) is 2.12. The van der Waals surface area contributed by atoms with Crippen LogP contribution in [0.3, 0.4) is 0 Å². The molecule has 2 heterocycles. The van der Waals surface area contributed by atoms with E-state index < -0.39 is 0 Å². The average Bonchev–Trinajstić information content (AvgIpc) is 2.33. The van der Waals surface area contributed by atoms with Crippen molar-refractivity contribution >= 4 is 11.8 Å². The molecule has 0 aliphatic rings. The van der Waals surface area contributed by atoms with Crippen molar-refractivity contribution in [1.82, 2.24) is 4.98 Å². The van der Waals surface area contributed by atoms with E-state index in [0.717, 1.165) is 4.73 Å². The standard InChI is InChI=1S/C12H11N3O/c13-11(12-6-1-3-7-14-12)9-10-5-2-4-8-15(10)16/h1-9H,13H2/b11-9+. The van der Waals surface area contributed by atoms with Crippen LogP contribution in [0.5, 0.6) is 0 Å². The lowest BCUT2D eigenvalue weighted by Gasteiger charge is -2.01. The number of pyridine rings is 2. The predicted octanol–water partition coefficient (Wildman–Crippen LogP) is 1.17. The molecule has 0 bridgehead atoms. The molecule has 0 spiro atoms. The Morgan fingerprint density at radius 3 is 2.75 bits per heavy atom. The summed E-state index contributed by atoms with van der Waals surface area (Å²) in [7, 11) is 0. The fourth-order valence-electron chi connectivity index (χ4n) is 1.32. The molecule has 0 amide bonds. The first-order valence-corrected chi connectivity index (χ1v) is 4.84. The summed E-state index contributed by atoms with van der Waals surface area (Å²) in [5.41, 5.74) is 7.46. The van der Waals surface area contributed by atoms with E-state index in [4.69, 9.17) is 5.73 Å². The molecular weight excluding hydrogens is 202 g/mol. The van der Waals surface area contributed by atoms with Crippen molar-refractivity contribution in [2.24, 2.45) is 5.73 Å². The molecule has 0 aliphatic carbocycles. The highest BCUT2D eigenvalue weighted by atomic mass is 16.5. The van der Waals surface area contributed by atoms with Gasteiger partial charge in [-0.05, 0) is 18.2 Å². The van der Waals surface area contributed by atoms with Crippen LogP contribution in [0.4, 0.5) is 0 Å². The van der Waals surface area contributed by atoms with E-state index in [0.29, 0.717) is 17.1 Å². The molecule has 4 nitrogen and oxygen atoms in total. The van der Waals surface area contributed by atoms with Gasteiger partial charge in [0.2, 0.25) is 5.69 Å². The Hall–Kier alpha value is -2.36. The molecule has 2 N–H and O–H groups in total. The first-order valence-electron chi connectivity index (χ1n) is 4.84. The number of nitrogens with two attached hydrogens (primary N) is 1. The Kier molecular flexibility index (Phi) is 2.82. The first-order chi connectivity index (χ1) is 7.77. The highest BCUT2D eigenvalue weighted by Crippen LogP contribution is 2.07. The van der Waals surface area contributed by atoms with Crippen molar-refractivity contribution in [1.29, 1.82) is 0 Å². The summed E-state index contributed by atoms with van der Waals surface area (Å²) in [6, 6.07) is 10.6. The van der Waals surface area contributed by atoms with Crippen molar-refractivity contribution in [2.45, 2.75) is 0 Å². The van der Waals surface area contributed by atoms with Crippen LogP contribution in [0.25, 0.3) is 11.8 Å². The van der Waals surface area contributed by atoms with Gasteiger partial charge in [-0.2, -0.15) is 4.73 Å². The van der Waals surface area contributed by atoms with Crippen molar-refractivity contribution in [2.75, 3.05) is 0 Å². The van der Waals surface area contributed by atoms with Gasteiger partial charge in [0.1, 0.15) is 0 Å². The maximum absolute atomic E-state index is 11.4. The minimum atomic E-state index is 0.469. The van der Waals surface area contributed by atoms with E-state index in [9.17, 15) is 5.21 Å². The van der Waals surface area contributed by atoms with E-state index in [1.165, 1.54) is 6.20 Å². The van der Waals surface area contributed by atoms with Gasteiger partial charge in [0.25, 0.3) is 0 Å². The lowest BCUT2D eigenvalue weighted by atomic mass is 10.2. The first kappa shape index (κ1) is 10.2. The van der Waals surface area contributed by atoms with Gasteiger partial charge in [-0.3, -0.25) is 4.98 Å². The van der Waals surface area contributed by atoms with Gasteiger partial charge in [0.15, 0.2) is 6.20 Å². The topological polar surface area (TPSA) is 65.8 Å². The summed E-state index contributed by atoms with van der Waals surface area (Å²) in [5, 5.41) is 11.4. The Labute approximate surface area is 93.3 Å². The van der Waals surface area contributed by atoms with E-state index in [1.807, 2.05) is 12.1 Å². The molecule has 0 atom stereocenters. The Morgan fingerprint density at radius 1 is 1.25 bits per heavy atom. The summed E-state index contributed by atoms with van der Waals surface area (Å²) in [5.74, 6) is 0. The molecule has 0 saturated heterocycles. The van der Waals surface area contributed by atoms with E-state index in [1.54, 1.807) is 36.5 Å². The largest absolute Gasteiger partial charge is 0.618 e. The molecule has 0 aromatic carbocycles. The third kappa shape index (κ3) is 2.17. The van der Waals surface area contributed by atoms with Crippen LogP contribution in [0.1, 0.15) is 11.4 Å². The van der Waals surface area contributed by atoms with Gasteiger partial charge in [0, 0.05) is 24.4 Å². The van der Waals surface area contributed by atoms with Crippen LogP contribution < -0.4 is 10.5 Å². The molecule has 0 saturated carbocycles. The SMILES string of the molecule is N/C(=C/c1cccc[n+]1[O-])c1ccccn1. The second kappa shape index (κ2) is 4.44. The van der Waals surface area contributed by atoms with Crippen LogP contribution in [-0.4, -0.2) is 4.98 Å². The molecular formula is C12H11N3O. The molecule has 4 heteroatoms. The molecule has 0 radical (unpaired) electrons. The number of hydrogen-bond acceptors (Lipinski definition) is 3. The van der Waals surface area contributed by atoms with Crippen LogP contribution in [-0.2, 0) is 0 Å². The highest BCUT2D eigenvalue weighted by Gasteiger charge is 2.02. The molecule has 16 heavy (non-hydrogen) atoms. The Balaban J connectivity index is 2.36. The molecule has 2 rings (SSSR count). The number of aromatic nitrogens is 2. The number of nitrogens with zero attached hydrogens (tertiary/aromatic N) is 2. The van der Waals surface area contributed by atoms with Gasteiger partial charge >= 0.3 is 0 Å². The number of rotatable bonds is 2. The lowest BCUT2D eigenvalue weighted by Crippen LogP contribution is -2.28. The van der Waals surface area contributed by atoms with Crippen LogP contribution >= 0.6 is 0 Å². The third-order valence-electron chi connectivity index (χ3n) is 2.12. The van der Waals surface area contributed by atoms with Crippen LogP contribution in [0, 0.1) is 5.21 Å². The monoisotopic (exact) mass is 213 g/mol. The van der Waals surface area contributed by atoms with Crippen LogP contribution in [0.15, 0.2) is 48.8 Å². The van der Waals surface area contributed by atoms with Gasteiger partial charge < -0.3 is 10.9 Å². The predicted molar refractivity (Wildman–Crippen MR) is 61.7 cm³/mol. The molecule has 80 valence electrons. The minimum absolute atomic E-state index is 0.469. The number of hydrogen-bond donors (Lipinski definition) is 1. The summed E-state index contributed by atoms with van der Waals surface area (Å²) in [4.78, 5) is 4.10. The van der Waals surface area contributed by atoms with Gasteiger partial charge in [-0.15, -0.1) is 0 Å². The average molecular weight is 213 g/mol. The van der Waals surface area contributed by atoms with E-state index in [-0.39, 0.29) is 0 Å². The fraction of sp³-hybridized carbons (Fsp3) is 0. The Bertz CT molecular complexity index is 509. The second-order valence-electron chi connectivity index (χ2n) is 3.27. The smallest absolute Gasteiger partial charge is 0.218 e. The molecule has 2 aromatic heterocycles. The van der Waals surface area contributed by atoms with Gasteiger partial charge in [-0.1, -0.05) is 6.07 Å². The molecule has 0 aliphatic heterocycles. The summed E-state index contributed by atoms with van der Waals surface area (Å²) < 4.78 is 0.760. The fourth-order valence-corrected chi connectivity index (χ4v) is 1.32. The molecule has 0 unspecified atom stereocenters. The van der Waals surface area contributed by atoms with Crippen molar-refractivity contribution < 1.29 is 4.73 Å². The van der Waals surface area contributed by atoms with Gasteiger partial charge in [0.05, 0.1) is 11.4 Å². The van der Waals surface area contributed by atoms with Gasteiger partial charge in [-0.25, -0.2) is 0 Å². The molecule has 0 fully saturated rings. The lowest BCUT2D eigenvalue weighted by molar-refractivity contribution is -0.607. The van der Waals surface area contributed by atoms with Crippen molar-refractivity contribution in [3.05, 3.63) is 65.4 Å². The second-order valence-corrected chi connectivity index (χ2v) is 3.27. The highest BCUT2D eigenvalue weighted by molar-refractivity contribution is 5.75. The van der Waals surface area contributed by atoms with Crippen molar-refractivity contribution in [3.63, 3.8) is 0 Å². The van der Waals surface area contributed by atoms with Crippen LogP contribution in [0.2, 0.25) is 0 Å². The quantitative estimate of drug-likeness (QED) is 0.601. The summed E-state index contributed by atoms with van der Waals surface area (Å²) >= 11 is 0. The normalized spacial score (nSPS) is 11.4. The van der Waals surface area contributed by atoms with E-state index in [2.05, 4.69) is 4.98 Å². The van der Waals surface area contributed by atoms with E-state index >= 15 is 0 Å². The maximum atomic E-state index is 11.4. The zero-order chi connectivity index (χ0) is 11.4. The summed E-state index contributed by atoms with van der Waals surface area (Å²) in [6.45, 7) is 0. The van der Waals surface area contributed by atoms with Crippen molar-refractivity contribution in [3.8, 4) is 0 Å².